The fourth-order valence-corrected chi connectivity index (χ4v) is 0.686. The smallest absolute Gasteiger partial charge is 0.354 e. The maximum atomic E-state index is 11.2. The maximum Gasteiger partial charge on any atom is 0.354 e. The highest BCUT2D eigenvalue weighted by Gasteiger charge is 2.10. The van der Waals surface area contributed by atoms with Crippen molar-refractivity contribution in [3.8, 4) is 0 Å². The van der Waals surface area contributed by atoms with Gasteiger partial charge in [0.15, 0.2) is 0 Å². The molecule has 0 aliphatic heterocycles. The van der Waals surface area contributed by atoms with Gasteiger partial charge in [0, 0.05) is 6.92 Å². The van der Waals surface area contributed by atoms with Crippen molar-refractivity contribution < 1.29 is 14.3 Å². The van der Waals surface area contributed by atoms with Gasteiger partial charge in [-0.3, -0.25) is 4.79 Å². The maximum absolute atomic E-state index is 11.2. The number of ether oxygens (including phenoxy) is 1. The molecule has 1 N–H and O–H groups in total. The predicted molar refractivity (Wildman–Crippen MR) is 53.4 cm³/mol. The summed E-state index contributed by atoms with van der Waals surface area (Å²) in [5, 5.41) is 2.28. The quantitative estimate of drug-likeness (QED) is 0.535. The first-order valence-electron chi connectivity index (χ1n) is 4.61. The molecule has 0 aromatic carbocycles. The molecule has 0 aliphatic carbocycles. The molecule has 0 aromatic rings. The first-order chi connectivity index (χ1) is 6.47. The summed E-state index contributed by atoms with van der Waals surface area (Å²) in [5.41, 5.74) is -0.0131. The van der Waals surface area contributed by atoms with Crippen LogP contribution in [-0.4, -0.2) is 18.5 Å². The van der Waals surface area contributed by atoms with Gasteiger partial charge in [0.1, 0.15) is 5.70 Å². The lowest BCUT2D eigenvalue weighted by molar-refractivity contribution is -0.141. The second-order valence-electron chi connectivity index (χ2n) is 3.27. The molecule has 0 spiro atoms. The molecule has 0 radical (unpaired) electrons. The van der Waals surface area contributed by atoms with Crippen LogP contribution in [0.5, 0.6) is 0 Å². The van der Waals surface area contributed by atoms with Crippen LogP contribution in [0.4, 0.5) is 0 Å². The third-order valence-electron chi connectivity index (χ3n) is 1.77. The number of nitrogens with one attached hydrogen (secondary N) is 1. The van der Waals surface area contributed by atoms with Gasteiger partial charge in [-0.05, 0) is 5.92 Å². The average Bonchev–Trinajstić information content (AvgIpc) is 2.12. The minimum absolute atomic E-state index is 0.0131. The van der Waals surface area contributed by atoms with E-state index in [2.05, 4.69) is 11.9 Å². The summed E-state index contributed by atoms with van der Waals surface area (Å²) in [4.78, 5) is 21.7. The van der Waals surface area contributed by atoms with Crippen LogP contribution >= 0.6 is 0 Å². The summed E-state index contributed by atoms with van der Waals surface area (Å²) in [6.45, 7) is 9.06. The number of esters is 1. The number of carbonyl (C=O) groups excluding carboxylic acids is 2. The highest BCUT2D eigenvalue weighted by atomic mass is 16.5. The SMILES string of the molecule is C=C(NC(C)=O)C(=O)OC[C@H](C)CC. The Hall–Kier alpha value is -1.32. The second kappa shape index (κ2) is 6.18. The van der Waals surface area contributed by atoms with E-state index in [1.807, 2.05) is 13.8 Å². The Balaban J connectivity index is 3.85. The minimum Gasteiger partial charge on any atom is -0.461 e. The molecule has 80 valence electrons. The van der Waals surface area contributed by atoms with Gasteiger partial charge in [-0.1, -0.05) is 26.8 Å². The number of hydrogen-bond acceptors (Lipinski definition) is 3. The molecule has 0 unspecified atom stereocenters. The summed E-state index contributed by atoms with van der Waals surface area (Å²) in [5.74, 6) is -0.569. The van der Waals surface area contributed by atoms with Crippen molar-refractivity contribution in [1.29, 1.82) is 0 Å². The molecular formula is C10H17NO3. The Morgan fingerprint density at radius 1 is 1.50 bits per heavy atom. The highest BCUT2D eigenvalue weighted by Crippen LogP contribution is 2.02. The summed E-state index contributed by atoms with van der Waals surface area (Å²) in [7, 11) is 0. The zero-order valence-electron chi connectivity index (χ0n) is 8.92. The molecule has 0 aliphatic rings. The van der Waals surface area contributed by atoms with Crippen molar-refractivity contribution in [1.82, 2.24) is 5.32 Å². The average molecular weight is 199 g/mol. The van der Waals surface area contributed by atoms with E-state index in [4.69, 9.17) is 4.74 Å². The minimum atomic E-state index is -0.569. The standard InChI is InChI=1S/C10H17NO3/c1-5-7(2)6-14-10(13)8(3)11-9(4)12/h7H,3,5-6H2,1-2,4H3,(H,11,12)/t7-/m1/s1. The van der Waals surface area contributed by atoms with Gasteiger partial charge in [0.2, 0.25) is 5.91 Å². The Morgan fingerprint density at radius 2 is 2.07 bits per heavy atom. The topological polar surface area (TPSA) is 55.4 Å². The predicted octanol–water partition coefficient (Wildman–Crippen LogP) is 1.23. The van der Waals surface area contributed by atoms with Crippen LogP contribution in [0.25, 0.3) is 0 Å². The van der Waals surface area contributed by atoms with Crippen molar-refractivity contribution in [3.05, 3.63) is 12.3 Å². The van der Waals surface area contributed by atoms with Gasteiger partial charge in [0.25, 0.3) is 0 Å². The molecule has 0 bridgehead atoms. The molecule has 4 heteroatoms. The molecule has 0 aromatic heterocycles. The van der Waals surface area contributed by atoms with Crippen molar-refractivity contribution >= 4 is 11.9 Å². The van der Waals surface area contributed by atoms with E-state index in [1.54, 1.807) is 0 Å². The molecule has 0 rings (SSSR count). The largest absolute Gasteiger partial charge is 0.461 e. The van der Waals surface area contributed by atoms with Gasteiger partial charge in [0.05, 0.1) is 6.61 Å². The summed E-state index contributed by atoms with van der Waals surface area (Å²) < 4.78 is 4.90. The van der Waals surface area contributed by atoms with E-state index in [9.17, 15) is 9.59 Å². The lowest BCUT2D eigenvalue weighted by Gasteiger charge is -2.10. The molecule has 4 nitrogen and oxygen atoms in total. The van der Waals surface area contributed by atoms with E-state index in [1.165, 1.54) is 6.92 Å². The van der Waals surface area contributed by atoms with Crippen LogP contribution in [0.15, 0.2) is 12.3 Å². The van der Waals surface area contributed by atoms with Crippen molar-refractivity contribution in [3.63, 3.8) is 0 Å². The monoisotopic (exact) mass is 199 g/mol. The first kappa shape index (κ1) is 12.7. The number of carbonyl (C=O) groups is 2. The van der Waals surface area contributed by atoms with Crippen LogP contribution in [0.2, 0.25) is 0 Å². The summed E-state index contributed by atoms with van der Waals surface area (Å²) >= 11 is 0. The number of hydrogen-bond donors (Lipinski definition) is 1. The van der Waals surface area contributed by atoms with Gasteiger partial charge in [-0.25, -0.2) is 4.79 Å². The molecule has 1 atom stereocenters. The Kier molecular flexibility index (Phi) is 5.60. The zero-order chi connectivity index (χ0) is 11.1. The van der Waals surface area contributed by atoms with E-state index < -0.39 is 5.97 Å². The van der Waals surface area contributed by atoms with Crippen LogP contribution < -0.4 is 5.32 Å². The van der Waals surface area contributed by atoms with Crippen LogP contribution in [0.1, 0.15) is 27.2 Å². The zero-order valence-corrected chi connectivity index (χ0v) is 8.92. The highest BCUT2D eigenvalue weighted by molar-refractivity contribution is 5.92. The fourth-order valence-electron chi connectivity index (χ4n) is 0.686. The van der Waals surface area contributed by atoms with Gasteiger partial charge >= 0.3 is 5.97 Å². The van der Waals surface area contributed by atoms with Gasteiger partial charge in [-0.2, -0.15) is 0 Å². The molecule has 0 heterocycles. The molecular weight excluding hydrogens is 182 g/mol. The number of rotatable bonds is 5. The second-order valence-corrected chi connectivity index (χ2v) is 3.27. The van der Waals surface area contributed by atoms with Crippen LogP contribution in [0, 0.1) is 5.92 Å². The van der Waals surface area contributed by atoms with E-state index in [-0.39, 0.29) is 11.6 Å². The molecule has 0 saturated heterocycles. The first-order valence-corrected chi connectivity index (χ1v) is 4.61. The van der Waals surface area contributed by atoms with E-state index in [0.717, 1.165) is 6.42 Å². The Labute approximate surface area is 84.3 Å². The normalized spacial score (nSPS) is 11.6. The third kappa shape index (κ3) is 5.35. The van der Waals surface area contributed by atoms with E-state index in [0.29, 0.717) is 12.5 Å². The molecule has 1 amide bonds. The Morgan fingerprint density at radius 3 is 2.50 bits per heavy atom. The molecule has 14 heavy (non-hydrogen) atoms. The lowest BCUT2D eigenvalue weighted by atomic mass is 10.1. The fraction of sp³-hybridized carbons (Fsp3) is 0.600. The van der Waals surface area contributed by atoms with Crippen molar-refractivity contribution in [2.24, 2.45) is 5.92 Å². The lowest BCUT2D eigenvalue weighted by Crippen LogP contribution is -2.26. The number of amides is 1. The third-order valence-corrected chi connectivity index (χ3v) is 1.77. The molecule has 0 fully saturated rings. The van der Waals surface area contributed by atoms with Gasteiger partial charge in [-0.15, -0.1) is 0 Å². The van der Waals surface area contributed by atoms with Gasteiger partial charge < -0.3 is 10.1 Å². The summed E-state index contributed by atoms with van der Waals surface area (Å²) in [6.07, 6.45) is 0.944. The van der Waals surface area contributed by atoms with Crippen LogP contribution in [-0.2, 0) is 14.3 Å². The van der Waals surface area contributed by atoms with Crippen molar-refractivity contribution in [2.45, 2.75) is 27.2 Å². The van der Waals surface area contributed by atoms with Crippen molar-refractivity contribution in [2.75, 3.05) is 6.61 Å². The summed E-state index contributed by atoms with van der Waals surface area (Å²) in [6, 6.07) is 0. The van der Waals surface area contributed by atoms with Crippen LogP contribution in [0.3, 0.4) is 0 Å². The van der Waals surface area contributed by atoms with E-state index >= 15 is 0 Å². The Bertz CT molecular complexity index is 236. The molecule has 0 saturated carbocycles.